The second kappa shape index (κ2) is 9.06. The zero-order valence-electron chi connectivity index (χ0n) is 9.59. The van der Waals surface area contributed by atoms with Gasteiger partial charge in [-0.1, -0.05) is 0 Å². The van der Waals surface area contributed by atoms with Crippen LogP contribution >= 0.6 is 0 Å². The minimum absolute atomic E-state index is 0.0256. The zero-order valence-corrected chi connectivity index (χ0v) is 9.59. The standard InChI is InChI=1S/C10H23NO4/c1-9(2)15-8-10(14)7-11(3-5-12)4-6-13/h9-10,12-14H,3-8H2,1-2H3. The van der Waals surface area contributed by atoms with Crippen LogP contribution in [0.1, 0.15) is 13.8 Å². The van der Waals surface area contributed by atoms with Crippen LogP contribution in [0.3, 0.4) is 0 Å². The maximum atomic E-state index is 9.59. The molecule has 0 aliphatic heterocycles. The molecule has 0 bridgehead atoms. The average molecular weight is 221 g/mol. The Morgan fingerprint density at radius 1 is 1.13 bits per heavy atom. The van der Waals surface area contributed by atoms with Crippen LogP contribution in [0.15, 0.2) is 0 Å². The average Bonchev–Trinajstić information content (AvgIpc) is 2.15. The highest BCUT2D eigenvalue weighted by Crippen LogP contribution is 1.96. The molecule has 1 unspecified atom stereocenters. The van der Waals surface area contributed by atoms with E-state index in [4.69, 9.17) is 14.9 Å². The van der Waals surface area contributed by atoms with E-state index in [2.05, 4.69) is 0 Å². The predicted octanol–water partition coefficient (Wildman–Crippen LogP) is -0.941. The van der Waals surface area contributed by atoms with Crippen LogP contribution in [-0.2, 0) is 4.74 Å². The van der Waals surface area contributed by atoms with Crippen molar-refractivity contribution in [2.45, 2.75) is 26.1 Å². The number of aliphatic hydroxyl groups is 3. The first-order chi connectivity index (χ1) is 7.10. The normalized spacial score (nSPS) is 13.8. The number of hydrogen-bond acceptors (Lipinski definition) is 5. The van der Waals surface area contributed by atoms with Gasteiger partial charge >= 0.3 is 0 Å². The summed E-state index contributed by atoms with van der Waals surface area (Å²) in [5, 5.41) is 27.1. The number of rotatable bonds is 9. The Labute approximate surface area is 91.3 Å². The molecule has 0 saturated heterocycles. The number of ether oxygens (including phenoxy) is 1. The van der Waals surface area contributed by atoms with Crippen LogP contribution in [-0.4, -0.2) is 71.9 Å². The van der Waals surface area contributed by atoms with Crippen molar-refractivity contribution >= 4 is 0 Å². The fourth-order valence-electron chi connectivity index (χ4n) is 1.23. The molecule has 0 heterocycles. The number of nitrogens with zero attached hydrogens (tertiary/aromatic N) is 1. The van der Waals surface area contributed by atoms with E-state index in [-0.39, 0.29) is 25.9 Å². The van der Waals surface area contributed by atoms with Crippen molar-refractivity contribution in [3.8, 4) is 0 Å². The molecule has 0 fully saturated rings. The molecule has 92 valence electrons. The molecule has 0 aromatic heterocycles. The molecular weight excluding hydrogens is 198 g/mol. The van der Waals surface area contributed by atoms with Gasteiger partial charge in [-0.25, -0.2) is 0 Å². The molecule has 0 spiro atoms. The monoisotopic (exact) mass is 221 g/mol. The summed E-state index contributed by atoms with van der Waals surface area (Å²) in [6.07, 6.45) is -0.478. The fourth-order valence-corrected chi connectivity index (χ4v) is 1.23. The van der Waals surface area contributed by atoms with Gasteiger partial charge < -0.3 is 20.1 Å². The molecular formula is C10H23NO4. The van der Waals surface area contributed by atoms with E-state index in [9.17, 15) is 5.11 Å². The Morgan fingerprint density at radius 3 is 2.07 bits per heavy atom. The quantitative estimate of drug-likeness (QED) is 0.468. The minimum Gasteiger partial charge on any atom is -0.395 e. The second-order valence-electron chi connectivity index (χ2n) is 3.78. The van der Waals surface area contributed by atoms with E-state index in [0.29, 0.717) is 19.6 Å². The van der Waals surface area contributed by atoms with Crippen molar-refractivity contribution in [2.24, 2.45) is 0 Å². The first-order valence-electron chi connectivity index (χ1n) is 5.33. The smallest absolute Gasteiger partial charge is 0.0900 e. The van der Waals surface area contributed by atoms with Gasteiger partial charge in [0.05, 0.1) is 32.0 Å². The molecule has 3 N–H and O–H groups in total. The lowest BCUT2D eigenvalue weighted by Gasteiger charge is -2.23. The van der Waals surface area contributed by atoms with E-state index in [0.717, 1.165) is 0 Å². The van der Waals surface area contributed by atoms with Gasteiger partial charge in [0.1, 0.15) is 0 Å². The number of hydrogen-bond donors (Lipinski definition) is 3. The summed E-state index contributed by atoms with van der Waals surface area (Å²) >= 11 is 0. The van der Waals surface area contributed by atoms with Crippen molar-refractivity contribution in [3.05, 3.63) is 0 Å². The highest BCUT2D eigenvalue weighted by molar-refractivity contribution is 4.64. The van der Waals surface area contributed by atoms with Gasteiger partial charge in [-0.2, -0.15) is 0 Å². The Kier molecular flexibility index (Phi) is 8.94. The van der Waals surface area contributed by atoms with Crippen LogP contribution in [0.25, 0.3) is 0 Å². The Hall–Kier alpha value is -0.200. The van der Waals surface area contributed by atoms with Crippen LogP contribution in [0, 0.1) is 0 Å². The van der Waals surface area contributed by atoms with Gasteiger partial charge in [0.2, 0.25) is 0 Å². The molecule has 0 rings (SSSR count). The molecule has 1 atom stereocenters. The first kappa shape index (κ1) is 14.8. The summed E-state index contributed by atoms with van der Waals surface area (Å²) < 4.78 is 5.26. The van der Waals surface area contributed by atoms with Gasteiger partial charge in [0.25, 0.3) is 0 Å². The SMILES string of the molecule is CC(C)OCC(O)CN(CCO)CCO. The van der Waals surface area contributed by atoms with E-state index < -0.39 is 6.10 Å². The Morgan fingerprint density at radius 2 is 1.67 bits per heavy atom. The lowest BCUT2D eigenvalue weighted by atomic mass is 10.3. The molecule has 0 aromatic rings. The Bertz CT molecular complexity index is 137. The minimum atomic E-state index is -0.578. The fraction of sp³-hybridized carbons (Fsp3) is 1.00. The van der Waals surface area contributed by atoms with Crippen LogP contribution in [0.5, 0.6) is 0 Å². The van der Waals surface area contributed by atoms with Gasteiger partial charge in [-0.3, -0.25) is 4.90 Å². The van der Waals surface area contributed by atoms with Crippen molar-refractivity contribution in [1.82, 2.24) is 4.90 Å². The van der Waals surface area contributed by atoms with Crippen LogP contribution in [0.2, 0.25) is 0 Å². The summed E-state index contributed by atoms with van der Waals surface area (Å²) in [5.41, 5.74) is 0. The Balaban J connectivity index is 3.72. The molecule has 0 aliphatic rings. The van der Waals surface area contributed by atoms with Crippen molar-refractivity contribution in [1.29, 1.82) is 0 Å². The second-order valence-corrected chi connectivity index (χ2v) is 3.78. The topological polar surface area (TPSA) is 73.2 Å². The molecule has 0 aromatic carbocycles. The molecule has 5 nitrogen and oxygen atoms in total. The lowest BCUT2D eigenvalue weighted by molar-refractivity contribution is -0.0117. The summed E-state index contributed by atoms with van der Waals surface area (Å²) in [4.78, 5) is 1.80. The van der Waals surface area contributed by atoms with Crippen molar-refractivity contribution in [3.63, 3.8) is 0 Å². The van der Waals surface area contributed by atoms with E-state index in [1.165, 1.54) is 0 Å². The first-order valence-corrected chi connectivity index (χ1v) is 5.33. The highest BCUT2D eigenvalue weighted by atomic mass is 16.5. The van der Waals surface area contributed by atoms with E-state index in [1.54, 1.807) is 4.90 Å². The van der Waals surface area contributed by atoms with Crippen LogP contribution < -0.4 is 0 Å². The van der Waals surface area contributed by atoms with Gasteiger partial charge in [0.15, 0.2) is 0 Å². The largest absolute Gasteiger partial charge is 0.395 e. The van der Waals surface area contributed by atoms with E-state index >= 15 is 0 Å². The van der Waals surface area contributed by atoms with Crippen LogP contribution in [0.4, 0.5) is 0 Å². The number of aliphatic hydroxyl groups excluding tert-OH is 3. The summed E-state index contributed by atoms with van der Waals surface area (Å²) in [7, 11) is 0. The summed E-state index contributed by atoms with van der Waals surface area (Å²) in [6, 6.07) is 0. The van der Waals surface area contributed by atoms with Crippen molar-refractivity contribution in [2.75, 3.05) is 39.5 Å². The molecule has 15 heavy (non-hydrogen) atoms. The summed E-state index contributed by atoms with van der Waals surface area (Å²) in [6.45, 7) is 5.48. The molecule has 5 heteroatoms. The van der Waals surface area contributed by atoms with Gasteiger partial charge in [-0.15, -0.1) is 0 Å². The summed E-state index contributed by atoms with van der Waals surface area (Å²) in [5.74, 6) is 0. The zero-order chi connectivity index (χ0) is 11.7. The third kappa shape index (κ3) is 8.77. The van der Waals surface area contributed by atoms with Gasteiger partial charge in [0, 0.05) is 19.6 Å². The lowest BCUT2D eigenvalue weighted by Crippen LogP contribution is -2.38. The maximum absolute atomic E-state index is 9.59. The molecule has 0 saturated carbocycles. The van der Waals surface area contributed by atoms with Gasteiger partial charge in [-0.05, 0) is 13.8 Å². The maximum Gasteiger partial charge on any atom is 0.0900 e. The third-order valence-corrected chi connectivity index (χ3v) is 1.92. The molecule has 0 radical (unpaired) electrons. The molecule has 0 aliphatic carbocycles. The predicted molar refractivity (Wildman–Crippen MR) is 57.7 cm³/mol. The molecule has 0 amide bonds. The highest BCUT2D eigenvalue weighted by Gasteiger charge is 2.11. The third-order valence-electron chi connectivity index (χ3n) is 1.92. The van der Waals surface area contributed by atoms with E-state index in [1.807, 2.05) is 13.8 Å². The van der Waals surface area contributed by atoms with Crippen molar-refractivity contribution < 1.29 is 20.1 Å².